The second kappa shape index (κ2) is 6.98. The zero-order valence-corrected chi connectivity index (χ0v) is 15.6. The lowest BCUT2D eigenvalue weighted by molar-refractivity contribution is -0.310. The number of fused-ring (bicyclic) bond motifs is 3. The molecule has 2 aliphatic carbocycles. The molecule has 156 valence electrons. The Morgan fingerprint density at radius 1 is 0.867 bits per heavy atom. The molecule has 0 amide bonds. The van der Waals surface area contributed by atoms with Crippen molar-refractivity contribution in [1.29, 1.82) is 0 Å². The molecule has 0 aromatic heterocycles. The van der Waals surface area contributed by atoms with E-state index in [1.807, 2.05) is 36.4 Å². The number of carboxylic acids is 1. The first-order chi connectivity index (χ1) is 14.4. The highest BCUT2D eigenvalue weighted by molar-refractivity contribution is 6.03. The van der Waals surface area contributed by atoms with Gasteiger partial charge in [0.1, 0.15) is 30.5 Å². The van der Waals surface area contributed by atoms with Gasteiger partial charge in [-0.1, -0.05) is 42.5 Å². The lowest BCUT2D eigenvalue weighted by Crippen LogP contribution is -2.60. The summed E-state index contributed by atoms with van der Waals surface area (Å²) in [7, 11) is 0. The minimum Gasteiger partial charge on any atom is -0.479 e. The number of carbonyl (C=O) groups is 1. The van der Waals surface area contributed by atoms with Gasteiger partial charge in [-0.25, -0.2) is 4.79 Å². The number of aliphatic hydroxyl groups excluding tert-OH is 4. The summed E-state index contributed by atoms with van der Waals surface area (Å²) >= 11 is 0. The fourth-order valence-corrected chi connectivity index (χ4v) is 4.50. The quantitative estimate of drug-likeness (QED) is 0.418. The first-order valence-electron chi connectivity index (χ1n) is 9.59. The molecule has 1 aliphatic heterocycles. The molecule has 8 heteroatoms. The van der Waals surface area contributed by atoms with Crippen LogP contribution in [0.4, 0.5) is 0 Å². The molecule has 0 radical (unpaired) electrons. The number of ether oxygens (including phenoxy) is 2. The third-order valence-electron chi connectivity index (χ3n) is 5.92. The SMILES string of the molecule is O=C(O)[C@H]1O[C@@H](O[C@H]2c3cccc4c3C(=C[C@@H]2O)c2ccccc2-4)[C@H](O)[C@@H](O)[C@@H]1O. The van der Waals surface area contributed by atoms with Gasteiger partial charge in [-0.05, 0) is 39.5 Å². The molecular formula is C22H20O8. The summed E-state index contributed by atoms with van der Waals surface area (Å²) in [4.78, 5) is 11.3. The molecule has 5 N–H and O–H groups in total. The van der Waals surface area contributed by atoms with Gasteiger partial charge in [0.15, 0.2) is 12.4 Å². The van der Waals surface area contributed by atoms with E-state index >= 15 is 0 Å². The molecule has 1 fully saturated rings. The zero-order valence-electron chi connectivity index (χ0n) is 15.6. The predicted molar refractivity (Wildman–Crippen MR) is 103 cm³/mol. The van der Waals surface area contributed by atoms with Gasteiger partial charge in [-0.2, -0.15) is 0 Å². The van der Waals surface area contributed by atoms with Crippen LogP contribution in [0.3, 0.4) is 0 Å². The van der Waals surface area contributed by atoms with Crippen molar-refractivity contribution < 1.29 is 39.8 Å². The van der Waals surface area contributed by atoms with E-state index in [9.17, 15) is 30.3 Å². The van der Waals surface area contributed by atoms with Crippen LogP contribution in [0.25, 0.3) is 16.7 Å². The molecule has 8 nitrogen and oxygen atoms in total. The van der Waals surface area contributed by atoms with Crippen molar-refractivity contribution in [2.24, 2.45) is 0 Å². The Bertz CT molecular complexity index is 1050. The number of hydrogen-bond acceptors (Lipinski definition) is 7. The average molecular weight is 412 g/mol. The number of carboxylic acid groups (broad SMARTS) is 1. The van der Waals surface area contributed by atoms with E-state index in [2.05, 4.69) is 0 Å². The molecule has 1 heterocycles. The molecule has 0 saturated carbocycles. The molecule has 3 aliphatic rings. The van der Waals surface area contributed by atoms with Gasteiger partial charge >= 0.3 is 5.97 Å². The van der Waals surface area contributed by atoms with Crippen LogP contribution in [-0.2, 0) is 14.3 Å². The van der Waals surface area contributed by atoms with Crippen molar-refractivity contribution in [2.45, 2.75) is 42.9 Å². The fourth-order valence-electron chi connectivity index (χ4n) is 4.50. The third kappa shape index (κ3) is 2.73. The highest BCUT2D eigenvalue weighted by Crippen LogP contribution is 2.51. The summed E-state index contributed by atoms with van der Waals surface area (Å²) < 4.78 is 11.0. The van der Waals surface area contributed by atoms with E-state index in [-0.39, 0.29) is 0 Å². The Kier molecular flexibility index (Phi) is 4.51. The second-order valence-corrected chi connectivity index (χ2v) is 7.68. The van der Waals surface area contributed by atoms with E-state index in [0.29, 0.717) is 5.56 Å². The zero-order chi connectivity index (χ0) is 21.2. The Balaban J connectivity index is 1.52. The molecule has 30 heavy (non-hydrogen) atoms. The maximum absolute atomic E-state index is 11.3. The van der Waals surface area contributed by atoms with Gasteiger partial charge in [-0.3, -0.25) is 0 Å². The number of rotatable bonds is 3. The van der Waals surface area contributed by atoms with Crippen molar-refractivity contribution in [1.82, 2.24) is 0 Å². The minimum atomic E-state index is -1.81. The number of aliphatic hydroxyl groups is 4. The normalized spacial score (nSPS) is 34.1. The molecular weight excluding hydrogens is 392 g/mol. The van der Waals surface area contributed by atoms with Gasteiger partial charge in [0.2, 0.25) is 0 Å². The van der Waals surface area contributed by atoms with Crippen LogP contribution in [0.2, 0.25) is 0 Å². The number of aliphatic carboxylic acids is 1. The number of benzene rings is 2. The van der Waals surface area contributed by atoms with Crippen LogP contribution in [-0.4, -0.2) is 68.3 Å². The van der Waals surface area contributed by atoms with E-state index in [1.165, 1.54) is 0 Å². The van der Waals surface area contributed by atoms with E-state index in [0.717, 1.165) is 27.8 Å². The smallest absolute Gasteiger partial charge is 0.335 e. The van der Waals surface area contributed by atoms with Crippen LogP contribution in [0.1, 0.15) is 22.8 Å². The molecule has 5 rings (SSSR count). The molecule has 0 spiro atoms. The molecule has 1 saturated heterocycles. The largest absolute Gasteiger partial charge is 0.479 e. The molecule has 2 aromatic rings. The Labute approximate surface area is 171 Å². The van der Waals surface area contributed by atoms with Gasteiger partial charge < -0.3 is 35.0 Å². The van der Waals surface area contributed by atoms with Crippen LogP contribution in [0.15, 0.2) is 48.5 Å². The van der Waals surface area contributed by atoms with Gasteiger partial charge in [-0.15, -0.1) is 0 Å². The summed E-state index contributed by atoms with van der Waals surface area (Å²) in [5.41, 5.74) is 5.46. The molecule has 7 atom stereocenters. The fraction of sp³-hybridized carbons (Fsp3) is 0.318. The van der Waals surface area contributed by atoms with Crippen LogP contribution in [0, 0.1) is 0 Å². The minimum absolute atomic E-state index is 0.664. The molecule has 0 bridgehead atoms. The highest BCUT2D eigenvalue weighted by atomic mass is 16.7. The Hall–Kier alpha value is -2.59. The predicted octanol–water partition coefficient (Wildman–Crippen LogP) is 0.423. The van der Waals surface area contributed by atoms with E-state index in [1.54, 1.807) is 12.1 Å². The topological polar surface area (TPSA) is 137 Å². The van der Waals surface area contributed by atoms with Gasteiger partial charge in [0.05, 0.1) is 0 Å². The summed E-state index contributed by atoms with van der Waals surface area (Å²) in [5.74, 6) is -1.50. The van der Waals surface area contributed by atoms with Crippen molar-refractivity contribution in [2.75, 3.05) is 0 Å². The summed E-state index contributed by atoms with van der Waals surface area (Å²) in [6, 6.07) is 13.4. The molecule has 0 unspecified atom stereocenters. The Morgan fingerprint density at radius 2 is 1.57 bits per heavy atom. The summed E-state index contributed by atoms with van der Waals surface area (Å²) in [6.45, 7) is 0. The van der Waals surface area contributed by atoms with Crippen LogP contribution < -0.4 is 0 Å². The second-order valence-electron chi connectivity index (χ2n) is 7.68. The van der Waals surface area contributed by atoms with Crippen LogP contribution >= 0.6 is 0 Å². The van der Waals surface area contributed by atoms with Crippen molar-refractivity contribution in [3.63, 3.8) is 0 Å². The monoisotopic (exact) mass is 412 g/mol. The van der Waals surface area contributed by atoms with E-state index < -0.39 is 48.9 Å². The highest BCUT2D eigenvalue weighted by Gasteiger charge is 2.49. The molecule has 2 aromatic carbocycles. The lowest BCUT2D eigenvalue weighted by atomic mass is 9.86. The maximum Gasteiger partial charge on any atom is 0.335 e. The van der Waals surface area contributed by atoms with Gasteiger partial charge in [0, 0.05) is 0 Å². The summed E-state index contributed by atoms with van der Waals surface area (Å²) in [6.07, 6.45) is -9.01. The maximum atomic E-state index is 11.3. The first-order valence-corrected chi connectivity index (χ1v) is 9.59. The first kappa shape index (κ1) is 19.4. The summed E-state index contributed by atoms with van der Waals surface area (Å²) in [5, 5.41) is 50.2. The lowest BCUT2D eigenvalue weighted by Gasteiger charge is -2.41. The van der Waals surface area contributed by atoms with Crippen molar-refractivity contribution in [3.8, 4) is 11.1 Å². The standard InChI is InChI=1S/C22H20O8/c23-14-8-13-10-5-2-1-4-9(10)11-6-3-7-12(15(11)13)19(14)29-22-18(26)16(24)17(25)20(30-22)21(27)28/h1-8,14,16-20,22-26H,(H,27,28)/t14-,16-,17-,18+,19-,20-,22+/m0/s1. The van der Waals surface area contributed by atoms with Gasteiger partial charge in [0.25, 0.3) is 0 Å². The number of hydrogen-bond donors (Lipinski definition) is 5. The Morgan fingerprint density at radius 3 is 2.30 bits per heavy atom. The van der Waals surface area contributed by atoms with Crippen molar-refractivity contribution >= 4 is 11.5 Å². The average Bonchev–Trinajstić information content (AvgIpc) is 3.05. The van der Waals surface area contributed by atoms with Crippen molar-refractivity contribution in [3.05, 3.63) is 65.2 Å². The van der Waals surface area contributed by atoms with E-state index in [4.69, 9.17) is 9.47 Å². The van der Waals surface area contributed by atoms with Crippen LogP contribution in [0.5, 0.6) is 0 Å². The third-order valence-corrected chi connectivity index (χ3v) is 5.92.